The van der Waals surface area contributed by atoms with Gasteiger partial charge in [0.15, 0.2) is 0 Å². The third-order valence-corrected chi connectivity index (χ3v) is 5.58. The molecule has 0 fully saturated rings. The molecule has 0 N–H and O–H groups in total. The molecule has 1 nitrogen and oxygen atoms in total. The lowest BCUT2D eigenvalue weighted by Gasteiger charge is -2.33. The van der Waals surface area contributed by atoms with E-state index in [9.17, 15) is 0 Å². The molecule has 0 aliphatic heterocycles. The lowest BCUT2D eigenvalue weighted by Crippen LogP contribution is -2.26. The fraction of sp³-hybridized carbons (Fsp3) is 0.842. The Morgan fingerprint density at radius 1 is 1.20 bits per heavy atom. The molecule has 0 aromatic heterocycles. The molecule has 0 amide bonds. The fourth-order valence-electron chi connectivity index (χ4n) is 3.10. The highest BCUT2D eigenvalue weighted by atomic mass is 14.7. The van der Waals surface area contributed by atoms with E-state index in [-0.39, 0.29) is 0 Å². The molecule has 1 aliphatic rings. The van der Waals surface area contributed by atoms with Crippen molar-refractivity contribution in [2.45, 2.75) is 73.6 Å². The van der Waals surface area contributed by atoms with Crippen LogP contribution in [0.15, 0.2) is 16.6 Å². The summed E-state index contributed by atoms with van der Waals surface area (Å²) >= 11 is 0. The van der Waals surface area contributed by atoms with E-state index in [1.807, 2.05) is 0 Å². The van der Waals surface area contributed by atoms with Crippen LogP contribution >= 0.6 is 0 Å². The first-order valence-electron chi connectivity index (χ1n) is 8.67. The van der Waals surface area contributed by atoms with Crippen LogP contribution in [-0.4, -0.2) is 12.3 Å². The number of hydrogen-bond acceptors (Lipinski definition) is 1. The Hall–Kier alpha value is -0.590. The van der Waals surface area contributed by atoms with Gasteiger partial charge in [-0.1, -0.05) is 52.7 Å². The average Bonchev–Trinajstić information content (AvgIpc) is 2.41. The van der Waals surface area contributed by atoms with Crippen molar-refractivity contribution in [1.29, 1.82) is 0 Å². The smallest absolute Gasteiger partial charge is 0.0416 e. The first-order chi connectivity index (χ1) is 9.49. The molecule has 0 aromatic carbocycles. The van der Waals surface area contributed by atoms with Crippen LogP contribution in [0.1, 0.15) is 73.6 Å². The highest BCUT2D eigenvalue weighted by Crippen LogP contribution is 2.36. The van der Waals surface area contributed by atoms with Crippen LogP contribution in [0.5, 0.6) is 0 Å². The Labute approximate surface area is 127 Å². The van der Waals surface area contributed by atoms with Crippen LogP contribution in [0.4, 0.5) is 0 Å². The molecule has 0 spiro atoms. The van der Waals surface area contributed by atoms with Crippen molar-refractivity contribution < 1.29 is 0 Å². The van der Waals surface area contributed by atoms with Crippen molar-refractivity contribution in [1.82, 2.24) is 0 Å². The third kappa shape index (κ3) is 5.07. The first kappa shape index (κ1) is 17.5. The van der Waals surface area contributed by atoms with Gasteiger partial charge < -0.3 is 0 Å². The molecule has 1 aliphatic carbocycles. The molecule has 0 aromatic rings. The molecule has 1 heteroatoms. The molecule has 1 rings (SSSR count). The van der Waals surface area contributed by atoms with Crippen LogP contribution in [0, 0.1) is 23.7 Å². The predicted molar refractivity (Wildman–Crippen MR) is 91.5 cm³/mol. The molecule has 20 heavy (non-hydrogen) atoms. The second kappa shape index (κ2) is 8.64. The van der Waals surface area contributed by atoms with E-state index in [0.29, 0.717) is 5.92 Å². The normalized spacial score (nSPS) is 21.7. The van der Waals surface area contributed by atoms with Gasteiger partial charge in [0.25, 0.3) is 0 Å². The van der Waals surface area contributed by atoms with Crippen molar-refractivity contribution in [3.63, 3.8) is 0 Å². The van der Waals surface area contributed by atoms with Gasteiger partial charge in [0, 0.05) is 12.3 Å². The molecule has 0 saturated carbocycles. The summed E-state index contributed by atoms with van der Waals surface area (Å²) in [6.07, 6.45) is 8.85. The quantitative estimate of drug-likeness (QED) is 0.367. The fourth-order valence-corrected chi connectivity index (χ4v) is 3.10. The summed E-state index contributed by atoms with van der Waals surface area (Å²) in [7, 11) is 0. The minimum atomic E-state index is 0.691. The summed E-state index contributed by atoms with van der Waals surface area (Å²) in [4.78, 5) is 4.72. The number of rotatable bonds is 9. The Kier molecular flexibility index (Phi) is 7.55. The molecule has 4 atom stereocenters. The van der Waals surface area contributed by atoms with E-state index in [4.69, 9.17) is 4.99 Å². The maximum Gasteiger partial charge on any atom is 0.0416 e. The second-order valence-electron chi connectivity index (χ2n) is 6.90. The van der Waals surface area contributed by atoms with Gasteiger partial charge in [-0.15, -0.1) is 0 Å². The highest BCUT2D eigenvalue weighted by Gasteiger charge is 2.26. The third-order valence-electron chi connectivity index (χ3n) is 5.58. The van der Waals surface area contributed by atoms with Gasteiger partial charge in [0.05, 0.1) is 0 Å². The highest BCUT2D eigenvalue weighted by molar-refractivity contribution is 5.81. The number of allylic oxidation sites excluding steroid dienone is 2. The molecular weight excluding hydrogens is 242 g/mol. The van der Waals surface area contributed by atoms with E-state index in [0.717, 1.165) is 30.7 Å². The van der Waals surface area contributed by atoms with Gasteiger partial charge in [0.1, 0.15) is 0 Å². The molecule has 4 unspecified atom stereocenters. The lowest BCUT2D eigenvalue weighted by atomic mass is 9.73. The van der Waals surface area contributed by atoms with Crippen LogP contribution in [-0.2, 0) is 0 Å². The van der Waals surface area contributed by atoms with Crippen LogP contribution < -0.4 is 0 Å². The van der Waals surface area contributed by atoms with Crippen molar-refractivity contribution in [3.8, 4) is 0 Å². The molecule has 0 saturated heterocycles. The zero-order valence-corrected chi connectivity index (χ0v) is 14.6. The summed E-state index contributed by atoms with van der Waals surface area (Å²) in [5, 5.41) is 0. The number of aliphatic imine (C=N–C) groups is 1. The largest absolute Gasteiger partial charge is 0.294 e. The standard InChI is InChI=1S/C19H35N/c1-7-15(4)20-13-14(3)16(5)17(6)19(8-2)12-18-10-9-11-18/h10,14,16-17,19H,7-9,11-13H2,1-6H3. The lowest BCUT2D eigenvalue weighted by molar-refractivity contribution is 0.197. The molecule has 0 heterocycles. The maximum atomic E-state index is 4.72. The van der Waals surface area contributed by atoms with Gasteiger partial charge in [-0.05, 0) is 56.3 Å². The van der Waals surface area contributed by atoms with Crippen LogP contribution in [0.2, 0.25) is 0 Å². The predicted octanol–water partition coefficient (Wildman–Crippen LogP) is 5.90. The molecule has 0 bridgehead atoms. The summed E-state index contributed by atoms with van der Waals surface area (Å²) in [5.41, 5.74) is 3.01. The molecule has 116 valence electrons. The number of hydrogen-bond donors (Lipinski definition) is 0. The monoisotopic (exact) mass is 277 g/mol. The van der Waals surface area contributed by atoms with Crippen molar-refractivity contribution in [2.24, 2.45) is 28.7 Å². The summed E-state index contributed by atoms with van der Waals surface area (Å²) in [5.74, 6) is 3.11. The summed E-state index contributed by atoms with van der Waals surface area (Å²) in [6.45, 7) is 15.0. The Morgan fingerprint density at radius 2 is 1.85 bits per heavy atom. The van der Waals surface area contributed by atoms with Crippen molar-refractivity contribution >= 4 is 5.71 Å². The van der Waals surface area contributed by atoms with Crippen molar-refractivity contribution in [2.75, 3.05) is 6.54 Å². The van der Waals surface area contributed by atoms with Crippen LogP contribution in [0.3, 0.4) is 0 Å². The first-order valence-corrected chi connectivity index (χ1v) is 8.67. The minimum Gasteiger partial charge on any atom is -0.294 e. The van der Waals surface area contributed by atoms with Gasteiger partial charge >= 0.3 is 0 Å². The number of nitrogens with zero attached hydrogens (tertiary/aromatic N) is 1. The second-order valence-corrected chi connectivity index (χ2v) is 6.90. The van der Waals surface area contributed by atoms with Gasteiger partial charge in [0.2, 0.25) is 0 Å². The Balaban J connectivity index is 2.51. The molecular formula is C19H35N. The van der Waals surface area contributed by atoms with Crippen molar-refractivity contribution in [3.05, 3.63) is 11.6 Å². The SMILES string of the molecule is CCC(C)=NCC(C)C(C)C(C)C(CC)CC1=CCC1. The Bertz CT molecular complexity index is 340. The molecule has 0 radical (unpaired) electrons. The zero-order chi connectivity index (χ0) is 15.1. The summed E-state index contributed by atoms with van der Waals surface area (Å²) in [6, 6.07) is 0. The van der Waals surface area contributed by atoms with E-state index in [1.165, 1.54) is 31.4 Å². The van der Waals surface area contributed by atoms with E-state index >= 15 is 0 Å². The van der Waals surface area contributed by atoms with Gasteiger partial charge in [-0.2, -0.15) is 0 Å². The van der Waals surface area contributed by atoms with E-state index < -0.39 is 0 Å². The minimum absolute atomic E-state index is 0.691. The van der Waals surface area contributed by atoms with Gasteiger partial charge in [-0.3, -0.25) is 4.99 Å². The maximum absolute atomic E-state index is 4.72. The van der Waals surface area contributed by atoms with Gasteiger partial charge in [-0.25, -0.2) is 0 Å². The van der Waals surface area contributed by atoms with E-state index in [1.54, 1.807) is 5.57 Å². The van der Waals surface area contributed by atoms with E-state index in [2.05, 4.69) is 47.6 Å². The summed E-state index contributed by atoms with van der Waals surface area (Å²) < 4.78 is 0. The Morgan fingerprint density at radius 3 is 2.30 bits per heavy atom. The average molecular weight is 277 g/mol. The van der Waals surface area contributed by atoms with Crippen LogP contribution in [0.25, 0.3) is 0 Å². The zero-order valence-electron chi connectivity index (χ0n) is 14.6. The topological polar surface area (TPSA) is 12.4 Å².